The molecule has 1 aromatic rings. The third-order valence-electron chi connectivity index (χ3n) is 3.27. The van der Waals surface area contributed by atoms with Crippen LogP contribution in [-0.2, 0) is 9.53 Å². The molecule has 1 atom stereocenters. The molecule has 1 fully saturated rings. The molecule has 6 heteroatoms. The normalized spacial score (nSPS) is 17.4. The average molecular weight is 273 g/mol. The predicted molar refractivity (Wildman–Crippen MR) is 71.9 cm³/mol. The number of methoxy groups -OCH3 is 1. The second kappa shape index (κ2) is 6.06. The number of carbonyl (C=O) groups is 2. The third kappa shape index (κ3) is 2.72. The minimum Gasteiger partial charge on any atom is -0.453 e. The standard InChI is InChI=1S/C14H15N3O3/c1-20-14(19)17-8-4-7-12(17)13(18)16-11-6-3-2-5-10(11)9-15/h2-3,5-6,12H,4,7-8H2,1H3,(H,16,18). The summed E-state index contributed by atoms with van der Waals surface area (Å²) in [6, 6.07) is 8.22. The maximum absolute atomic E-state index is 12.2. The average Bonchev–Trinajstić information content (AvgIpc) is 2.96. The highest BCUT2D eigenvalue weighted by Crippen LogP contribution is 2.21. The number of hydrogen-bond donors (Lipinski definition) is 1. The number of amides is 2. The van der Waals surface area contributed by atoms with Crippen LogP contribution in [0.1, 0.15) is 18.4 Å². The maximum Gasteiger partial charge on any atom is 0.410 e. The van der Waals surface area contributed by atoms with Gasteiger partial charge in [0.05, 0.1) is 18.4 Å². The van der Waals surface area contributed by atoms with Gasteiger partial charge in [0, 0.05) is 6.54 Å². The third-order valence-corrected chi connectivity index (χ3v) is 3.27. The van der Waals surface area contributed by atoms with Crippen LogP contribution in [0.2, 0.25) is 0 Å². The van der Waals surface area contributed by atoms with Crippen molar-refractivity contribution in [3.05, 3.63) is 29.8 Å². The molecular weight excluding hydrogens is 258 g/mol. The van der Waals surface area contributed by atoms with E-state index in [4.69, 9.17) is 5.26 Å². The number of nitriles is 1. The van der Waals surface area contributed by atoms with Crippen LogP contribution in [0.5, 0.6) is 0 Å². The van der Waals surface area contributed by atoms with Crippen molar-refractivity contribution >= 4 is 17.7 Å². The molecule has 0 radical (unpaired) electrons. The van der Waals surface area contributed by atoms with Gasteiger partial charge in [0.2, 0.25) is 5.91 Å². The molecule has 1 unspecified atom stereocenters. The number of benzene rings is 1. The van der Waals surface area contributed by atoms with Gasteiger partial charge in [-0.1, -0.05) is 12.1 Å². The van der Waals surface area contributed by atoms with E-state index in [1.54, 1.807) is 24.3 Å². The van der Waals surface area contributed by atoms with Gasteiger partial charge in [0.25, 0.3) is 0 Å². The largest absolute Gasteiger partial charge is 0.453 e. The molecule has 0 saturated carbocycles. The lowest BCUT2D eigenvalue weighted by Crippen LogP contribution is -2.43. The molecule has 1 N–H and O–H groups in total. The predicted octanol–water partition coefficient (Wildman–Crippen LogP) is 1.73. The van der Waals surface area contributed by atoms with Crippen molar-refractivity contribution in [2.45, 2.75) is 18.9 Å². The summed E-state index contributed by atoms with van der Waals surface area (Å²) in [4.78, 5) is 25.2. The molecule has 104 valence electrons. The van der Waals surface area contributed by atoms with E-state index < -0.39 is 12.1 Å². The molecule has 6 nitrogen and oxygen atoms in total. The van der Waals surface area contributed by atoms with Gasteiger partial charge in [0.15, 0.2) is 0 Å². The van der Waals surface area contributed by atoms with E-state index in [0.29, 0.717) is 24.2 Å². The maximum atomic E-state index is 12.2. The number of carbonyl (C=O) groups excluding carboxylic acids is 2. The number of nitrogens with zero attached hydrogens (tertiary/aromatic N) is 2. The van der Waals surface area contributed by atoms with Gasteiger partial charge in [-0.15, -0.1) is 0 Å². The lowest BCUT2D eigenvalue weighted by Gasteiger charge is -2.22. The molecule has 20 heavy (non-hydrogen) atoms. The topological polar surface area (TPSA) is 82.4 Å². The Labute approximate surface area is 116 Å². The molecule has 1 aliphatic rings. The Morgan fingerprint density at radius 2 is 2.20 bits per heavy atom. The summed E-state index contributed by atoms with van der Waals surface area (Å²) in [6.45, 7) is 0.505. The summed E-state index contributed by atoms with van der Waals surface area (Å²) in [5.74, 6) is -0.296. The molecule has 1 heterocycles. The first kappa shape index (κ1) is 13.9. The number of ether oxygens (including phenoxy) is 1. The van der Waals surface area contributed by atoms with Gasteiger partial charge in [-0.3, -0.25) is 9.69 Å². The number of nitrogens with one attached hydrogen (secondary N) is 1. The van der Waals surface area contributed by atoms with Crippen molar-refractivity contribution in [1.29, 1.82) is 5.26 Å². The summed E-state index contributed by atoms with van der Waals surface area (Å²) in [6.07, 6.45) is 0.846. The fourth-order valence-electron chi connectivity index (χ4n) is 2.28. The summed E-state index contributed by atoms with van der Waals surface area (Å²) in [7, 11) is 1.29. The van der Waals surface area contributed by atoms with Crippen LogP contribution in [0, 0.1) is 11.3 Å². The second-order valence-corrected chi connectivity index (χ2v) is 4.47. The molecular formula is C14H15N3O3. The molecule has 1 aliphatic heterocycles. The first-order valence-corrected chi connectivity index (χ1v) is 6.32. The van der Waals surface area contributed by atoms with E-state index >= 15 is 0 Å². The second-order valence-electron chi connectivity index (χ2n) is 4.47. The Morgan fingerprint density at radius 1 is 1.45 bits per heavy atom. The van der Waals surface area contributed by atoms with Crippen molar-refractivity contribution < 1.29 is 14.3 Å². The zero-order chi connectivity index (χ0) is 14.5. The Kier molecular flexibility index (Phi) is 4.20. The molecule has 2 amide bonds. The Balaban J connectivity index is 2.12. The van der Waals surface area contributed by atoms with Crippen LogP contribution < -0.4 is 5.32 Å². The smallest absolute Gasteiger partial charge is 0.410 e. The quantitative estimate of drug-likeness (QED) is 0.889. The van der Waals surface area contributed by atoms with Crippen LogP contribution in [0.25, 0.3) is 0 Å². The number of hydrogen-bond acceptors (Lipinski definition) is 4. The fraction of sp³-hybridized carbons (Fsp3) is 0.357. The molecule has 1 aromatic carbocycles. The molecule has 0 spiro atoms. The number of likely N-dealkylation sites (tertiary alicyclic amines) is 1. The number of para-hydroxylation sites is 1. The summed E-state index contributed by atoms with van der Waals surface area (Å²) in [5, 5.41) is 11.7. The highest BCUT2D eigenvalue weighted by atomic mass is 16.5. The minimum absolute atomic E-state index is 0.296. The Hall–Kier alpha value is -2.55. The van der Waals surface area contributed by atoms with Gasteiger partial charge in [0.1, 0.15) is 12.1 Å². The van der Waals surface area contributed by atoms with E-state index in [2.05, 4.69) is 10.1 Å². The van der Waals surface area contributed by atoms with Crippen LogP contribution in [-0.4, -0.2) is 36.6 Å². The van der Waals surface area contributed by atoms with Crippen LogP contribution >= 0.6 is 0 Å². The van der Waals surface area contributed by atoms with Gasteiger partial charge < -0.3 is 10.1 Å². The van der Waals surface area contributed by atoms with Crippen LogP contribution in [0.15, 0.2) is 24.3 Å². The molecule has 0 aliphatic carbocycles. The zero-order valence-corrected chi connectivity index (χ0v) is 11.1. The summed E-state index contributed by atoms with van der Waals surface area (Å²) in [5.41, 5.74) is 0.847. The summed E-state index contributed by atoms with van der Waals surface area (Å²) >= 11 is 0. The van der Waals surface area contributed by atoms with Gasteiger partial charge in [-0.05, 0) is 25.0 Å². The van der Waals surface area contributed by atoms with E-state index in [-0.39, 0.29) is 5.91 Å². The molecule has 1 saturated heterocycles. The monoisotopic (exact) mass is 273 g/mol. The molecule has 0 aromatic heterocycles. The lowest BCUT2D eigenvalue weighted by molar-refractivity contribution is -0.119. The molecule has 0 bridgehead atoms. The van der Waals surface area contributed by atoms with Crippen molar-refractivity contribution in [1.82, 2.24) is 4.90 Å². The van der Waals surface area contributed by atoms with Crippen molar-refractivity contribution in [3.8, 4) is 6.07 Å². The number of anilines is 1. The van der Waals surface area contributed by atoms with Crippen molar-refractivity contribution in [3.63, 3.8) is 0 Å². The molecule has 2 rings (SSSR count). The van der Waals surface area contributed by atoms with E-state index in [1.807, 2.05) is 6.07 Å². The van der Waals surface area contributed by atoms with E-state index in [9.17, 15) is 9.59 Å². The first-order valence-electron chi connectivity index (χ1n) is 6.32. The van der Waals surface area contributed by atoms with Gasteiger partial charge in [-0.25, -0.2) is 4.79 Å². The van der Waals surface area contributed by atoms with Crippen LogP contribution in [0.3, 0.4) is 0 Å². The first-order chi connectivity index (χ1) is 9.67. The van der Waals surface area contributed by atoms with Crippen molar-refractivity contribution in [2.75, 3.05) is 19.0 Å². The number of rotatable bonds is 2. The lowest BCUT2D eigenvalue weighted by atomic mass is 10.1. The highest BCUT2D eigenvalue weighted by molar-refractivity contribution is 5.97. The summed E-state index contributed by atoms with van der Waals surface area (Å²) < 4.78 is 4.66. The minimum atomic E-state index is -0.547. The van der Waals surface area contributed by atoms with Crippen LogP contribution in [0.4, 0.5) is 10.5 Å². The SMILES string of the molecule is COC(=O)N1CCCC1C(=O)Nc1ccccc1C#N. The van der Waals surface area contributed by atoms with Gasteiger partial charge in [-0.2, -0.15) is 5.26 Å². The fourth-order valence-corrected chi connectivity index (χ4v) is 2.28. The highest BCUT2D eigenvalue weighted by Gasteiger charge is 2.34. The van der Waals surface area contributed by atoms with Gasteiger partial charge >= 0.3 is 6.09 Å². The van der Waals surface area contributed by atoms with Crippen molar-refractivity contribution in [2.24, 2.45) is 0 Å². The Morgan fingerprint density at radius 3 is 2.90 bits per heavy atom. The Bertz CT molecular complexity index is 565. The van der Waals surface area contributed by atoms with E-state index in [0.717, 1.165) is 6.42 Å². The zero-order valence-electron chi connectivity index (χ0n) is 11.1. The van der Waals surface area contributed by atoms with E-state index in [1.165, 1.54) is 12.0 Å².